The van der Waals surface area contributed by atoms with Gasteiger partial charge in [0.2, 0.25) is 11.6 Å². The highest BCUT2D eigenvalue weighted by Gasteiger charge is 2.32. The van der Waals surface area contributed by atoms with Crippen molar-refractivity contribution in [2.75, 3.05) is 0 Å². The first-order valence-corrected chi connectivity index (χ1v) is 5.44. The SMILES string of the molecule is O=C1Cc2cc3ccc(O)cc3cc2C(=O)C1=O. The molecule has 0 fully saturated rings. The van der Waals surface area contributed by atoms with E-state index in [4.69, 9.17) is 0 Å². The predicted octanol–water partition coefficient (Wildman–Crippen LogP) is 1.42. The normalized spacial score (nSPS) is 15.0. The zero-order valence-electron chi connectivity index (χ0n) is 9.27. The first-order chi connectivity index (χ1) is 8.56. The summed E-state index contributed by atoms with van der Waals surface area (Å²) in [5, 5.41) is 10.9. The molecule has 0 heterocycles. The molecular weight excluding hydrogens is 232 g/mol. The minimum atomic E-state index is -0.956. The quantitative estimate of drug-likeness (QED) is 0.707. The van der Waals surface area contributed by atoms with Crippen LogP contribution in [-0.2, 0) is 16.0 Å². The highest BCUT2D eigenvalue weighted by molar-refractivity contribution is 6.68. The van der Waals surface area contributed by atoms with Gasteiger partial charge < -0.3 is 5.11 Å². The minimum absolute atomic E-state index is 0.0310. The lowest BCUT2D eigenvalue weighted by atomic mass is 9.87. The molecule has 0 unspecified atom stereocenters. The second-order valence-electron chi connectivity index (χ2n) is 4.30. The van der Waals surface area contributed by atoms with Gasteiger partial charge in [-0.25, -0.2) is 0 Å². The second kappa shape index (κ2) is 3.50. The van der Waals surface area contributed by atoms with E-state index in [1.807, 2.05) is 0 Å². The van der Waals surface area contributed by atoms with Crippen LogP contribution < -0.4 is 0 Å². The Labute approximate surface area is 102 Å². The fourth-order valence-corrected chi connectivity index (χ4v) is 2.19. The van der Waals surface area contributed by atoms with Crippen molar-refractivity contribution in [3.63, 3.8) is 0 Å². The molecule has 3 rings (SSSR count). The van der Waals surface area contributed by atoms with Gasteiger partial charge in [0, 0.05) is 12.0 Å². The molecule has 0 spiro atoms. The van der Waals surface area contributed by atoms with E-state index < -0.39 is 17.3 Å². The van der Waals surface area contributed by atoms with Gasteiger partial charge in [0.05, 0.1) is 0 Å². The average Bonchev–Trinajstić information content (AvgIpc) is 2.35. The van der Waals surface area contributed by atoms with Gasteiger partial charge in [-0.2, -0.15) is 0 Å². The predicted molar refractivity (Wildman–Crippen MR) is 63.7 cm³/mol. The Morgan fingerprint density at radius 3 is 2.44 bits per heavy atom. The maximum atomic E-state index is 11.7. The average molecular weight is 240 g/mol. The van der Waals surface area contributed by atoms with Crippen molar-refractivity contribution in [1.29, 1.82) is 0 Å². The molecule has 0 aromatic heterocycles. The number of fused-ring (bicyclic) bond motifs is 2. The Morgan fingerprint density at radius 1 is 0.889 bits per heavy atom. The summed E-state index contributed by atoms with van der Waals surface area (Å²) >= 11 is 0. The van der Waals surface area contributed by atoms with Crippen molar-refractivity contribution in [3.05, 3.63) is 41.5 Å². The zero-order valence-corrected chi connectivity index (χ0v) is 9.27. The number of Topliss-reactive ketones (excluding diaryl/α,β-unsaturated/α-hetero) is 3. The number of ketones is 3. The Balaban J connectivity index is 2.31. The van der Waals surface area contributed by atoms with Crippen molar-refractivity contribution in [2.24, 2.45) is 0 Å². The van der Waals surface area contributed by atoms with Gasteiger partial charge in [0.25, 0.3) is 5.78 Å². The van der Waals surface area contributed by atoms with Crippen molar-refractivity contribution >= 4 is 28.1 Å². The molecule has 4 heteroatoms. The van der Waals surface area contributed by atoms with E-state index in [-0.39, 0.29) is 17.7 Å². The molecule has 0 aliphatic heterocycles. The molecule has 2 aromatic carbocycles. The molecule has 0 bridgehead atoms. The molecule has 0 amide bonds. The monoisotopic (exact) mass is 240 g/mol. The Kier molecular flexibility index (Phi) is 2.07. The second-order valence-corrected chi connectivity index (χ2v) is 4.30. The van der Waals surface area contributed by atoms with Crippen LogP contribution in [0.3, 0.4) is 0 Å². The lowest BCUT2D eigenvalue weighted by Gasteiger charge is -2.13. The fourth-order valence-electron chi connectivity index (χ4n) is 2.19. The molecule has 0 saturated carbocycles. The molecule has 0 saturated heterocycles. The van der Waals surface area contributed by atoms with E-state index in [1.165, 1.54) is 12.1 Å². The van der Waals surface area contributed by atoms with Crippen LogP contribution in [0.4, 0.5) is 0 Å². The molecule has 18 heavy (non-hydrogen) atoms. The smallest absolute Gasteiger partial charge is 0.269 e. The lowest BCUT2D eigenvalue weighted by Crippen LogP contribution is -2.31. The lowest BCUT2D eigenvalue weighted by molar-refractivity contribution is -0.133. The molecule has 88 valence electrons. The van der Waals surface area contributed by atoms with Crippen LogP contribution in [-0.4, -0.2) is 22.5 Å². The van der Waals surface area contributed by atoms with E-state index in [0.717, 1.165) is 5.39 Å². The number of hydrogen-bond acceptors (Lipinski definition) is 4. The van der Waals surface area contributed by atoms with Gasteiger partial charge in [0.1, 0.15) is 5.75 Å². The third kappa shape index (κ3) is 1.43. The van der Waals surface area contributed by atoms with Crippen LogP contribution in [0.2, 0.25) is 0 Å². The number of benzene rings is 2. The van der Waals surface area contributed by atoms with Crippen LogP contribution in [0.1, 0.15) is 15.9 Å². The van der Waals surface area contributed by atoms with E-state index in [2.05, 4.69) is 0 Å². The molecule has 0 atom stereocenters. The first kappa shape index (κ1) is 10.7. The van der Waals surface area contributed by atoms with Gasteiger partial charge >= 0.3 is 0 Å². The van der Waals surface area contributed by atoms with Crippen molar-refractivity contribution in [2.45, 2.75) is 6.42 Å². The van der Waals surface area contributed by atoms with E-state index >= 15 is 0 Å². The topological polar surface area (TPSA) is 71.4 Å². The highest BCUT2D eigenvalue weighted by Crippen LogP contribution is 2.26. The maximum Gasteiger partial charge on any atom is 0.269 e. The third-order valence-electron chi connectivity index (χ3n) is 3.10. The standard InChI is InChI=1S/C14H8O4/c15-10-2-1-7-3-9-6-12(16)14(18)13(17)11(9)5-8(7)4-10/h1-5,15H,6H2. The van der Waals surface area contributed by atoms with Crippen molar-refractivity contribution in [3.8, 4) is 5.75 Å². The molecule has 2 aromatic rings. The minimum Gasteiger partial charge on any atom is -0.508 e. The van der Waals surface area contributed by atoms with Crippen LogP contribution in [0.25, 0.3) is 10.8 Å². The number of carbonyl (C=O) groups excluding carboxylic acids is 3. The van der Waals surface area contributed by atoms with Gasteiger partial charge in [-0.15, -0.1) is 0 Å². The van der Waals surface area contributed by atoms with E-state index in [0.29, 0.717) is 10.9 Å². The number of hydrogen-bond donors (Lipinski definition) is 1. The summed E-state index contributed by atoms with van der Waals surface area (Å²) in [5.74, 6) is -2.28. The zero-order chi connectivity index (χ0) is 12.9. The summed E-state index contributed by atoms with van der Waals surface area (Å²) in [6.45, 7) is 0. The molecular formula is C14H8O4. The Bertz CT molecular complexity index is 728. The maximum absolute atomic E-state index is 11.7. The molecule has 4 nitrogen and oxygen atoms in total. The van der Waals surface area contributed by atoms with Gasteiger partial charge in [-0.05, 0) is 40.6 Å². The van der Waals surface area contributed by atoms with E-state index in [9.17, 15) is 19.5 Å². The van der Waals surface area contributed by atoms with Crippen LogP contribution in [0, 0.1) is 0 Å². The van der Waals surface area contributed by atoms with E-state index in [1.54, 1.807) is 18.2 Å². The number of aromatic hydroxyl groups is 1. The van der Waals surface area contributed by atoms with Gasteiger partial charge in [-0.1, -0.05) is 6.07 Å². The highest BCUT2D eigenvalue weighted by atomic mass is 16.3. The molecule has 1 N–H and O–H groups in total. The summed E-state index contributed by atoms with van der Waals surface area (Å²) in [6.07, 6.45) is -0.0310. The molecule has 1 aliphatic carbocycles. The summed E-state index contributed by atoms with van der Waals surface area (Å²) in [7, 11) is 0. The van der Waals surface area contributed by atoms with Crippen molar-refractivity contribution in [1.82, 2.24) is 0 Å². The van der Waals surface area contributed by atoms with Gasteiger partial charge in [0.15, 0.2) is 0 Å². The number of phenols is 1. The van der Waals surface area contributed by atoms with Gasteiger partial charge in [-0.3, -0.25) is 14.4 Å². The first-order valence-electron chi connectivity index (χ1n) is 5.44. The molecule has 0 radical (unpaired) electrons. The summed E-state index contributed by atoms with van der Waals surface area (Å²) in [6, 6.07) is 8.02. The Hall–Kier alpha value is -2.49. The number of carbonyl (C=O) groups is 3. The third-order valence-corrected chi connectivity index (χ3v) is 3.10. The van der Waals surface area contributed by atoms with Crippen LogP contribution in [0.15, 0.2) is 30.3 Å². The molecule has 1 aliphatic rings. The van der Waals surface area contributed by atoms with Crippen LogP contribution in [0.5, 0.6) is 5.75 Å². The summed E-state index contributed by atoms with van der Waals surface area (Å²) in [4.78, 5) is 34.4. The van der Waals surface area contributed by atoms with Crippen LogP contribution >= 0.6 is 0 Å². The fraction of sp³-hybridized carbons (Fsp3) is 0.0714. The van der Waals surface area contributed by atoms with Crippen molar-refractivity contribution < 1.29 is 19.5 Å². The summed E-state index contributed by atoms with van der Waals surface area (Å²) in [5.41, 5.74) is 0.834. The largest absolute Gasteiger partial charge is 0.508 e. The number of rotatable bonds is 0. The number of phenolic OH excluding ortho intramolecular Hbond substituents is 1. The Morgan fingerprint density at radius 2 is 1.67 bits per heavy atom. The summed E-state index contributed by atoms with van der Waals surface area (Å²) < 4.78 is 0.